The molecule has 2 N–H and O–H groups in total. The first-order valence-corrected chi connectivity index (χ1v) is 13.0. The van der Waals surface area contributed by atoms with E-state index in [-0.39, 0.29) is 23.1 Å². The van der Waals surface area contributed by atoms with E-state index in [1.54, 1.807) is 5.38 Å². The summed E-state index contributed by atoms with van der Waals surface area (Å²) in [4.78, 5) is 45.8. The molecule has 0 unspecified atom stereocenters. The maximum atomic E-state index is 13.7. The van der Waals surface area contributed by atoms with Gasteiger partial charge in [-0.05, 0) is 31.0 Å². The number of halogens is 3. The van der Waals surface area contributed by atoms with Crippen molar-refractivity contribution < 1.29 is 27.7 Å². The number of nitro groups is 1. The van der Waals surface area contributed by atoms with Crippen LogP contribution in [0.4, 0.5) is 24.0 Å². The molecule has 2 aromatic carbocycles. The molecular weight excluding hydrogens is 555 g/mol. The van der Waals surface area contributed by atoms with Crippen LogP contribution in [0.2, 0.25) is 0 Å². The minimum atomic E-state index is -4.82. The fourth-order valence-electron chi connectivity index (χ4n) is 3.78. The summed E-state index contributed by atoms with van der Waals surface area (Å²) in [6.07, 6.45) is -5.19. The lowest BCUT2D eigenvalue weighted by Gasteiger charge is -2.22. The van der Waals surface area contributed by atoms with Crippen LogP contribution in [0.25, 0.3) is 10.6 Å². The molecule has 0 aliphatic rings. The van der Waals surface area contributed by atoms with Crippen molar-refractivity contribution in [3.63, 3.8) is 0 Å². The SMILES string of the molecule is Cc1nc(C)c(-c2csc(NC(=O)Cc3cc(C(=O)N[C@H](c4ccccc4)C(F)(F)F)cc([N+](=O)[O-])c3)n2)s1. The van der Waals surface area contributed by atoms with Gasteiger partial charge in [0.1, 0.15) is 0 Å². The largest absolute Gasteiger partial charge is 0.412 e. The van der Waals surface area contributed by atoms with E-state index < -0.39 is 34.6 Å². The summed E-state index contributed by atoms with van der Waals surface area (Å²) in [5, 5.41) is 18.9. The third-order valence-electron chi connectivity index (χ3n) is 5.44. The zero-order valence-corrected chi connectivity index (χ0v) is 22.0. The van der Waals surface area contributed by atoms with Crippen molar-refractivity contribution in [1.82, 2.24) is 15.3 Å². The summed E-state index contributed by atoms with van der Waals surface area (Å²) in [5.41, 5.74) is 0.398. The average Bonchev–Trinajstić information content (AvgIpc) is 3.46. The molecule has 0 saturated carbocycles. The number of carbonyl (C=O) groups excluding carboxylic acids is 2. The lowest BCUT2D eigenvalue weighted by atomic mass is 10.0. The third kappa shape index (κ3) is 6.83. The van der Waals surface area contributed by atoms with E-state index in [9.17, 15) is 32.9 Å². The van der Waals surface area contributed by atoms with Gasteiger partial charge in [0.05, 0.1) is 32.6 Å². The highest BCUT2D eigenvalue weighted by atomic mass is 32.1. The molecule has 0 aliphatic heterocycles. The molecule has 1 atom stereocenters. The number of benzene rings is 2. The van der Waals surface area contributed by atoms with E-state index in [4.69, 9.17) is 0 Å². The van der Waals surface area contributed by atoms with E-state index >= 15 is 0 Å². The fraction of sp³-hybridized carbons (Fsp3) is 0.200. The van der Waals surface area contributed by atoms with E-state index in [1.807, 2.05) is 19.2 Å². The van der Waals surface area contributed by atoms with Crippen LogP contribution < -0.4 is 10.6 Å². The van der Waals surface area contributed by atoms with Gasteiger partial charge in [0.15, 0.2) is 11.2 Å². The average molecular weight is 576 g/mol. The lowest BCUT2D eigenvalue weighted by Crippen LogP contribution is -2.38. The van der Waals surface area contributed by atoms with Crippen LogP contribution in [0.3, 0.4) is 0 Å². The van der Waals surface area contributed by atoms with Crippen LogP contribution in [0, 0.1) is 24.0 Å². The summed E-state index contributed by atoms with van der Waals surface area (Å²) in [6.45, 7) is 3.72. The third-order valence-corrected chi connectivity index (χ3v) is 7.29. The Morgan fingerprint density at radius 1 is 1.10 bits per heavy atom. The van der Waals surface area contributed by atoms with Gasteiger partial charge in [-0.3, -0.25) is 19.7 Å². The number of thiazole rings is 2. The van der Waals surface area contributed by atoms with Crippen molar-refractivity contribution in [3.8, 4) is 10.6 Å². The Balaban J connectivity index is 1.52. The fourth-order valence-corrected chi connectivity index (χ4v) is 5.45. The first-order valence-electron chi connectivity index (χ1n) is 11.3. The van der Waals surface area contributed by atoms with Crippen molar-refractivity contribution in [2.45, 2.75) is 32.5 Å². The van der Waals surface area contributed by atoms with Gasteiger partial charge in [-0.1, -0.05) is 30.3 Å². The monoisotopic (exact) mass is 575 g/mol. The first-order chi connectivity index (χ1) is 18.4. The first kappa shape index (κ1) is 27.9. The molecule has 0 bridgehead atoms. The second-order valence-corrected chi connectivity index (χ2v) is 10.5. The van der Waals surface area contributed by atoms with Gasteiger partial charge in [0, 0.05) is 23.1 Å². The Morgan fingerprint density at radius 2 is 1.82 bits per heavy atom. The lowest BCUT2D eigenvalue weighted by molar-refractivity contribution is -0.384. The van der Waals surface area contributed by atoms with Gasteiger partial charge in [0.25, 0.3) is 11.6 Å². The Hall–Kier alpha value is -4.17. The molecule has 0 radical (unpaired) electrons. The van der Waals surface area contributed by atoms with E-state index in [0.29, 0.717) is 10.8 Å². The van der Waals surface area contributed by atoms with Crippen LogP contribution in [-0.2, 0) is 11.2 Å². The molecule has 0 aliphatic carbocycles. The number of alkyl halides is 3. The summed E-state index contributed by atoms with van der Waals surface area (Å²) in [5.74, 6) is -1.75. The van der Waals surface area contributed by atoms with Gasteiger partial charge in [0.2, 0.25) is 5.91 Å². The van der Waals surface area contributed by atoms with Crippen molar-refractivity contribution in [1.29, 1.82) is 0 Å². The highest BCUT2D eigenvalue weighted by molar-refractivity contribution is 7.16. The van der Waals surface area contributed by atoms with Crippen LogP contribution in [0.1, 0.15) is 38.2 Å². The zero-order valence-electron chi connectivity index (χ0n) is 20.4. The van der Waals surface area contributed by atoms with E-state index in [0.717, 1.165) is 33.8 Å². The Bertz CT molecular complexity index is 1540. The summed E-state index contributed by atoms with van der Waals surface area (Å²) < 4.78 is 41.1. The van der Waals surface area contributed by atoms with Crippen molar-refractivity contribution in [2.75, 3.05) is 5.32 Å². The number of nitrogens with one attached hydrogen (secondary N) is 2. The number of amides is 2. The Labute approximate surface area is 227 Å². The van der Waals surface area contributed by atoms with Gasteiger partial charge < -0.3 is 10.6 Å². The number of nitrogens with zero attached hydrogens (tertiary/aromatic N) is 3. The quantitative estimate of drug-likeness (QED) is 0.196. The topological polar surface area (TPSA) is 127 Å². The molecular formula is C25H20F3N5O4S2. The summed E-state index contributed by atoms with van der Waals surface area (Å²) >= 11 is 2.64. The smallest absolute Gasteiger partial charge is 0.337 e. The van der Waals surface area contributed by atoms with Crippen molar-refractivity contribution >= 4 is 45.3 Å². The van der Waals surface area contributed by atoms with E-state index in [2.05, 4.69) is 15.3 Å². The number of aryl methyl sites for hydroxylation is 2. The van der Waals surface area contributed by atoms with Gasteiger partial charge in [-0.25, -0.2) is 9.97 Å². The minimum absolute atomic E-state index is 0.0702. The number of anilines is 1. The zero-order chi connectivity index (χ0) is 28.3. The van der Waals surface area contributed by atoms with E-state index in [1.165, 1.54) is 53.0 Å². The molecule has 0 fully saturated rings. The molecule has 39 heavy (non-hydrogen) atoms. The molecule has 4 aromatic rings. The van der Waals surface area contributed by atoms with Crippen molar-refractivity contribution in [3.05, 3.63) is 91.4 Å². The predicted molar refractivity (Wildman–Crippen MR) is 141 cm³/mol. The molecule has 0 saturated heterocycles. The molecule has 14 heteroatoms. The number of non-ortho nitro benzene ring substituents is 1. The van der Waals surface area contributed by atoms with Crippen molar-refractivity contribution in [2.24, 2.45) is 0 Å². The van der Waals surface area contributed by atoms with Crippen LogP contribution in [-0.4, -0.2) is 32.9 Å². The number of hydrogen-bond donors (Lipinski definition) is 2. The molecule has 2 heterocycles. The van der Waals surface area contributed by atoms with Crippen LogP contribution in [0.15, 0.2) is 53.9 Å². The normalized spacial score (nSPS) is 12.1. The maximum Gasteiger partial charge on any atom is 0.412 e. The predicted octanol–water partition coefficient (Wildman–Crippen LogP) is 6.01. The number of hydrogen-bond acceptors (Lipinski definition) is 8. The number of aromatic nitrogens is 2. The van der Waals surface area contributed by atoms with Crippen LogP contribution in [0.5, 0.6) is 0 Å². The number of rotatable bonds is 8. The molecule has 0 spiro atoms. The molecule has 9 nitrogen and oxygen atoms in total. The van der Waals surface area contributed by atoms with Gasteiger partial charge >= 0.3 is 6.18 Å². The molecule has 2 amide bonds. The van der Waals surface area contributed by atoms with Crippen LogP contribution >= 0.6 is 22.7 Å². The summed E-state index contributed by atoms with van der Waals surface area (Å²) in [6, 6.07) is 7.52. The van der Waals surface area contributed by atoms with Gasteiger partial charge in [-0.2, -0.15) is 13.2 Å². The second-order valence-electron chi connectivity index (χ2n) is 8.41. The molecule has 2 aromatic heterocycles. The molecule has 202 valence electrons. The molecule has 4 rings (SSSR count). The van der Waals surface area contributed by atoms with Gasteiger partial charge in [-0.15, -0.1) is 22.7 Å². The number of nitro benzene ring substituents is 1. The Kier molecular flexibility index (Phi) is 8.06. The minimum Gasteiger partial charge on any atom is -0.337 e. The Morgan fingerprint density at radius 3 is 2.44 bits per heavy atom. The standard InChI is InChI=1S/C25H20F3N5O4S2/c1-13-21(39-14(2)29-13)19-12-38-24(30-19)31-20(34)10-15-8-17(11-18(9-15)33(36)37)23(35)32-22(25(26,27)28)16-6-4-3-5-7-16/h3-9,11-12,22H,10H2,1-2H3,(H,32,35)(H,30,31,34)/t22-/m1/s1. The second kappa shape index (κ2) is 11.3. The highest BCUT2D eigenvalue weighted by Gasteiger charge is 2.42. The summed E-state index contributed by atoms with van der Waals surface area (Å²) in [7, 11) is 0. The number of carbonyl (C=O) groups is 2. The highest BCUT2D eigenvalue weighted by Crippen LogP contribution is 2.34. The maximum absolute atomic E-state index is 13.7.